The molecule has 196 valence electrons. The van der Waals surface area contributed by atoms with E-state index in [0.29, 0.717) is 5.57 Å². The fourth-order valence-electron chi connectivity index (χ4n) is 3.37. The topological polar surface area (TPSA) is 230 Å². The van der Waals surface area contributed by atoms with Crippen molar-refractivity contribution in [1.29, 1.82) is 0 Å². The summed E-state index contributed by atoms with van der Waals surface area (Å²) in [6, 6.07) is -1.04. The molecule has 4 heterocycles. The third kappa shape index (κ3) is 5.20. The van der Waals surface area contributed by atoms with Crippen molar-refractivity contribution in [2.75, 3.05) is 23.8 Å². The monoisotopic (exact) mass is 587 g/mol. The lowest BCUT2D eigenvalue weighted by atomic mass is 10.0. The lowest BCUT2D eigenvalue weighted by Crippen LogP contribution is -2.71. The first kappa shape index (κ1) is 26.6. The predicted octanol–water partition coefficient (Wildman–Crippen LogP) is -0.160. The maximum atomic E-state index is 12.9. The third-order valence-electron chi connectivity index (χ3n) is 4.95. The SMILES string of the molecule is CCO/N=C(/C(=O)NC1C(=O)N2C(C(=O)O)=C(CSc3s[nH]c(=O)c3C(=O)O)CS[C@H]12)c1nsc(N)n1. The van der Waals surface area contributed by atoms with Crippen molar-refractivity contribution in [3.8, 4) is 0 Å². The van der Waals surface area contributed by atoms with Gasteiger partial charge in [0.15, 0.2) is 10.7 Å². The number of carbonyl (C=O) groups is 4. The number of carboxylic acid groups (broad SMARTS) is 2. The van der Waals surface area contributed by atoms with Crippen LogP contribution in [-0.4, -0.2) is 87.8 Å². The second kappa shape index (κ2) is 10.9. The van der Waals surface area contributed by atoms with E-state index in [1.54, 1.807) is 6.92 Å². The molecule has 37 heavy (non-hydrogen) atoms. The molecule has 0 radical (unpaired) electrons. The summed E-state index contributed by atoms with van der Waals surface area (Å²) in [5, 5.41) is 24.7. The van der Waals surface area contributed by atoms with Crippen LogP contribution in [0.3, 0.4) is 0 Å². The number of aromatic amines is 1. The van der Waals surface area contributed by atoms with E-state index in [0.717, 1.165) is 39.7 Å². The standard InChI is InChI=1S/C18H17N7O8S4/c1-2-33-22-7(10-21-18(19)37-23-10)12(27)20-8-13(28)25-9(16(31)32)5(3-34-14(8)25)4-35-17-6(15(29)30)11(26)24-36-17/h8,14H,2-4H2,1H3,(H,20,27)(H,24,26)(H,29,30)(H,31,32)(H2,19,21,23)/b22-7+/t8?,14-/m1/s1. The Morgan fingerprint density at radius 2 is 2.08 bits per heavy atom. The molecule has 1 unspecified atom stereocenters. The van der Waals surface area contributed by atoms with E-state index >= 15 is 0 Å². The first-order valence-corrected chi connectivity index (χ1v) is 13.8. The van der Waals surface area contributed by atoms with Crippen LogP contribution in [-0.2, 0) is 19.2 Å². The average molecular weight is 588 g/mol. The molecule has 4 rings (SSSR count). The Hall–Kier alpha value is -3.42. The number of nitrogens with two attached hydrogens (primary N) is 1. The number of aliphatic carboxylic acids is 1. The van der Waals surface area contributed by atoms with Crippen molar-refractivity contribution in [2.24, 2.45) is 5.16 Å². The van der Waals surface area contributed by atoms with Gasteiger partial charge in [-0.1, -0.05) is 16.7 Å². The van der Waals surface area contributed by atoms with Gasteiger partial charge in [0, 0.05) is 23.0 Å². The maximum Gasteiger partial charge on any atom is 0.352 e. The molecule has 19 heteroatoms. The Labute approximate surface area is 223 Å². The lowest BCUT2D eigenvalue weighted by Gasteiger charge is -2.49. The summed E-state index contributed by atoms with van der Waals surface area (Å²) < 4.78 is 6.47. The number of rotatable bonds is 10. The van der Waals surface area contributed by atoms with Gasteiger partial charge < -0.3 is 26.1 Å². The third-order valence-corrected chi connectivity index (χ3v) is 9.07. The Morgan fingerprint density at radius 3 is 2.70 bits per heavy atom. The molecule has 2 aliphatic rings. The van der Waals surface area contributed by atoms with E-state index in [9.17, 15) is 34.2 Å². The number of H-pyrrole nitrogens is 1. The number of nitrogens with zero attached hydrogens (tertiary/aromatic N) is 4. The van der Waals surface area contributed by atoms with Gasteiger partial charge >= 0.3 is 11.9 Å². The van der Waals surface area contributed by atoms with Gasteiger partial charge in [0.05, 0.1) is 4.21 Å². The quantitative estimate of drug-likeness (QED) is 0.105. The van der Waals surface area contributed by atoms with Crippen molar-refractivity contribution >= 4 is 81.2 Å². The molecule has 0 aromatic carbocycles. The fourth-order valence-corrected chi connectivity index (χ4v) is 7.26. The summed E-state index contributed by atoms with van der Waals surface area (Å²) in [7, 11) is 0. The zero-order valence-corrected chi connectivity index (χ0v) is 21.9. The molecule has 2 aromatic rings. The van der Waals surface area contributed by atoms with Gasteiger partial charge in [-0.2, -0.15) is 9.36 Å². The minimum absolute atomic E-state index is 0.0400. The van der Waals surface area contributed by atoms with Gasteiger partial charge in [0.1, 0.15) is 23.7 Å². The Bertz CT molecular complexity index is 1400. The molecule has 2 atom stereocenters. The predicted molar refractivity (Wildman–Crippen MR) is 135 cm³/mol. The first-order chi connectivity index (χ1) is 17.6. The largest absolute Gasteiger partial charge is 0.477 e. The maximum absolute atomic E-state index is 12.9. The van der Waals surface area contributed by atoms with Crippen molar-refractivity contribution in [3.05, 3.63) is 33.0 Å². The Morgan fingerprint density at radius 1 is 1.32 bits per heavy atom. The molecule has 0 saturated carbocycles. The number of oxime groups is 1. The van der Waals surface area contributed by atoms with Gasteiger partial charge in [0.25, 0.3) is 17.4 Å². The molecular formula is C18H17N7O8S4. The molecule has 0 bridgehead atoms. The van der Waals surface area contributed by atoms with Crippen LogP contribution in [0.1, 0.15) is 23.1 Å². The number of hydrogen-bond donors (Lipinski definition) is 5. The molecule has 2 amide bonds. The number of aromatic nitrogens is 3. The number of amides is 2. The molecule has 2 aliphatic heterocycles. The first-order valence-electron chi connectivity index (χ1n) is 10.2. The van der Waals surface area contributed by atoms with Crippen LogP contribution in [0.2, 0.25) is 0 Å². The highest BCUT2D eigenvalue weighted by Crippen LogP contribution is 2.42. The summed E-state index contributed by atoms with van der Waals surface area (Å²) in [6.07, 6.45) is 0. The minimum Gasteiger partial charge on any atom is -0.477 e. The summed E-state index contributed by atoms with van der Waals surface area (Å²) in [6.45, 7) is 1.81. The van der Waals surface area contributed by atoms with Crippen LogP contribution in [0, 0.1) is 0 Å². The highest BCUT2D eigenvalue weighted by Gasteiger charge is 2.54. The van der Waals surface area contributed by atoms with Gasteiger partial charge in [-0.15, -0.1) is 23.5 Å². The molecule has 0 spiro atoms. The lowest BCUT2D eigenvalue weighted by molar-refractivity contribution is -0.150. The second-order valence-electron chi connectivity index (χ2n) is 7.22. The van der Waals surface area contributed by atoms with E-state index in [-0.39, 0.29) is 44.7 Å². The summed E-state index contributed by atoms with van der Waals surface area (Å²) in [5.74, 6) is -4.03. The number of hydrogen-bond acceptors (Lipinski definition) is 14. The van der Waals surface area contributed by atoms with Crippen LogP contribution in [0.5, 0.6) is 0 Å². The molecule has 1 fully saturated rings. The Kier molecular flexibility index (Phi) is 7.85. The number of aromatic carboxylic acids is 1. The number of anilines is 1. The van der Waals surface area contributed by atoms with E-state index in [2.05, 4.69) is 24.2 Å². The van der Waals surface area contributed by atoms with Gasteiger partial charge in [0.2, 0.25) is 11.5 Å². The summed E-state index contributed by atoms with van der Waals surface area (Å²) >= 11 is 3.90. The minimum atomic E-state index is -1.39. The van der Waals surface area contributed by atoms with E-state index in [4.69, 9.17) is 10.6 Å². The Balaban J connectivity index is 1.51. The summed E-state index contributed by atoms with van der Waals surface area (Å²) in [5.41, 5.74) is 4.26. The molecular weight excluding hydrogens is 571 g/mol. The molecule has 0 aliphatic carbocycles. The zero-order valence-electron chi connectivity index (χ0n) is 18.6. The van der Waals surface area contributed by atoms with Crippen molar-refractivity contribution in [1.82, 2.24) is 23.9 Å². The van der Waals surface area contributed by atoms with Gasteiger partial charge in [-0.3, -0.25) is 23.7 Å². The molecule has 1 saturated heterocycles. The number of β-lactam (4-membered cyclic amide) rings is 1. The second-order valence-corrected chi connectivity index (χ2v) is 11.2. The number of nitrogens with one attached hydrogen (secondary N) is 2. The van der Waals surface area contributed by atoms with E-state index < -0.39 is 46.3 Å². The highest BCUT2D eigenvalue weighted by atomic mass is 32.2. The van der Waals surface area contributed by atoms with Crippen molar-refractivity contribution < 1.29 is 34.2 Å². The van der Waals surface area contributed by atoms with Crippen LogP contribution in [0.25, 0.3) is 0 Å². The average Bonchev–Trinajstić information content (AvgIpc) is 3.45. The van der Waals surface area contributed by atoms with Crippen LogP contribution in [0.4, 0.5) is 5.13 Å². The molecule has 2 aromatic heterocycles. The summed E-state index contributed by atoms with van der Waals surface area (Å²) in [4.78, 5) is 70.9. The van der Waals surface area contributed by atoms with Gasteiger partial charge in [-0.25, -0.2) is 9.59 Å². The number of nitrogen functional groups attached to an aromatic ring is 1. The highest BCUT2D eigenvalue weighted by molar-refractivity contribution is 8.02. The van der Waals surface area contributed by atoms with Crippen molar-refractivity contribution in [3.63, 3.8) is 0 Å². The van der Waals surface area contributed by atoms with Gasteiger partial charge in [-0.05, 0) is 12.5 Å². The fraction of sp³-hybridized carbons (Fsp3) is 0.333. The number of carbonyl (C=O) groups excluding carboxylic acids is 2. The zero-order chi connectivity index (χ0) is 26.9. The molecule has 6 N–H and O–H groups in total. The number of fused-ring (bicyclic) bond motifs is 1. The number of thioether (sulfide) groups is 2. The normalized spacial score (nSPS) is 19.3. The van der Waals surface area contributed by atoms with E-state index in [1.807, 2.05) is 0 Å². The number of carboxylic acids is 2. The van der Waals surface area contributed by atoms with Crippen LogP contribution >= 0.6 is 46.6 Å². The van der Waals surface area contributed by atoms with Crippen LogP contribution < -0.4 is 16.6 Å². The molecule has 15 nitrogen and oxygen atoms in total. The smallest absolute Gasteiger partial charge is 0.352 e. The van der Waals surface area contributed by atoms with E-state index in [1.165, 1.54) is 11.8 Å². The van der Waals surface area contributed by atoms with Crippen molar-refractivity contribution in [2.45, 2.75) is 22.5 Å². The van der Waals surface area contributed by atoms with Crippen LogP contribution in [0.15, 0.2) is 25.4 Å².